The molecule has 0 aliphatic rings. The summed E-state index contributed by atoms with van der Waals surface area (Å²) in [5.41, 5.74) is -0.140. The molecule has 20 heavy (non-hydrogen) atoms. The van der Waals surface area contributed by atoms with Crippen LogP contribution in [-0.4, -0.2) is 25.2 Å². The van der Waals surface area contributed by atoms with E-state index in [1.807, 2.05) is 0 Å². The monoisotopic (exact) mass is 298 g/mol. The summed E-state index contributed by atoms with van der Waals surface area (Å²) in [6.45, 7) is 2.13. The van der Waals surface area contributed by atoms with E-state index < -0.39 is 15.8 Å². The predicted molar refractivity (Wildman–Crippen MR) is 78.8 cm³/mol. The lowest BCUT2D eigenvalue weighted by atomic mass is 10.1. The van der Waals surface area contributed by atoms with Crippen LogP contribution in [0, 0.1) is 0 Å². The average Bonchev–Trinajstić information content (AvgIpc) is 2.42. The molecule has 0 saturated heterocycles. The SMILES string of the molecule is CCCCCCCCS(=O)(=O)c1ccccc1C(=O)O. The summed E-state index contributed by atoms with van der Waals surface area (Å²) in [4.78, 5) is 11.0. The number of hydrogen-bond donors (Lipinski definition) is 1. The van der Waals surface area contributed by atoms with Crippen LogP contribution in [0.3, 0.4) is 0 Å². The second-order valence-corrected chi connectivity index (χ2v) is 6.97. The van der Waals surface area contributed by atoms with Crippen molar-refractivity contribution in [2.75, 3.05) is 5.75 Å². The van der Waals surface area contributed by atoms with Gasteiger partial charge >= 0.3 is 5.97 Å². The van der Waals surface area contributed by atoms with E-state index in [0.29, 0.717) is 6.42 Å². The highest BCUT2D eigenvalue weighted by Gasteiger charge is 2.21. The van der Waals surface area contributed by atoms with Gasteiger partial charge in [-0.25, -0.2) is 13.2 Å². The molecule has 1 N–H and O–H groups in total. The Kier molecular flexibility index (Phi) is 6.71. The van der Waals surface area contributed by atoms with Gasteiger partial charge in [0.1, 0.15) is 0 Å². The highest BCUT2D eigenvalue weighted by Crippen LogP contribution is 2.18. The highest BCUT2D eigenvalue weighted by atomic mass is 32.2. The van der Waals surface area contributed by atoms with E-state index in [0.717, 1.165) is 25.7 Å². The Balaban J connectivity index is 2.63. The minimum atomic E-state index is -3.51. The Morgan fingerprint density at radius 2 is 1.65 bits per heavy atom. The number of carbonyl (C=O) groups is 1. The van der Waals surface area contributed by atoms with Gasteiger partial charge in [0.05, 0.1) is 16.2 Å². The molecule has 0 aromatic heterocycles. The van der Waals surface area contributed by atoms with Gasteiger partial charge in [0.25, 0.3) is 0 Å². The molecule has 0 heterocycles. The number of carboxylic acid groups (broad SMARTS) is 1. The lowest BCUT2D eigenvalue weighted by molar-refractivity contribution is 0.0692. The lowest BCUT2D eigenvalue weighted by Gasteiger charge is -2.07. The number of unbranched alkanes of at least 4 members (excludes halogenated alkanes) is 5. The van der Waals surface area contributed by atoms with E-state index in [1.54, 1.807) is 6.07 Å². The van der Waals surface area contributed by atoms with Crippen molar-refractivity contribution in [1.82, 2.24) is 0 Å². The lowest BCUT2D eigenvalue weighted by Crippen LogP contribution is -2.12. The zero-order valence-corrected chi connectivity index (χ0v) is 12.7. The van der Waals surface area contributed by atoms with Crippen LogP contribution in [0.4, 0.5) is 0 Å². The van der Waals surface area contributed by atoms with Crippen LogP contribution in [-0.2, 0) is 9.84 Å². The zero-order valence-electron chi connectivity index (χ0n) is 11.8. The summed E-state index contributed by atoms with van der Waals surface area (Å²) in [7, 11) is -3.51. The number of aromatic carboxylic acids is 1. The van der Waals surface area contributed by atoms with Gasteiger partial charge in [0, 0.05) is 0 Å². The third kappa shape index (κ3) is 4.96. The maximum Gasteiger partial charge on any atom is 0.337 e. The van der Waals surface area contributed by atoms with Crippen LogP contribution in [0.5, 0.6) is 0 Å². The van der Waals surface area contributed by atoms with Crippen LogP contribution in [0.2, 0.25) is 0 Å². The van der Waals surface area contributed by atoms with E-state index >= 15 is 0 Å². The standard InChI is InChI=1S/C15H22O4S/c1-2-3-4-5-6-9-12-20(18,19)14-11-8-7-10-13(14)15(16)17/h7-8,10-11H,2-6,9,12H2,1H3,(H,16,17). The van der Waals surface area contributed by atoms with Crippen molar-refractivity contribution in [3.8, 4) is 0 Å². The summed E-state index contributed by atoms with van der Waals surface area (Å²) in [6.07, 6.45) is 5.94. The molecule has 0 aliphatic carbocycles. The molecule has 0 bridgehead atoms. The number of benzene rings is 1. The van der Waals surface area contributed by atoms with Gasteiger partial charge in [-0.3, -0.25) is 0 Å². The number of sulfone groups is 1. The summed E-state index contributed by atoms with van der Waals surface area (Å²) in [6, 6.07) is 5.79. The molecule has 4 nitrogen and oxygen atoms in total. The molecule has 0 saturated carbocycles. The molecule has 0 unspecified atom stereocenters. The Labute approximate surface area is 120 Å². The average molecular weight is 298 g/mol. The molecule has 0 atom stereocenters. The van der Waals surface area contributed by atoms with Crippen LogP contribution in [0.15, 0.2) is 29.2 Å². The summed E-state index contributed by atoms with van der Waals surface area (Å²) < 4.78 is 24.4. The minimum absolute atomic E-state index is 0.0173. The van der Waals surface area contributed by atoms with E-state index in [2.05, 4.69) is 6.92 Å². The number of rotatable bonds is 9. The Bertz CT molecular complexity index is 535. The summed E-state index contributed by atoms with van der Waals surface area (Å²) in [5.74, 6) is -1.18. The fourth-order valence-corrected chi connectivity index (χ4v) is 3.68. The van der Waals surface area contributed by atoms with E-state index in [1.165, 1.54) is 24.6 Å². The zero-order chi connectivity index (χ0) is 15.0. The summed E-state index contributed by atoms with van der Waals surface area (Å²) >= 11 is 0. The summed E-state index contributed by atoms with van der Waals surface area (Å²) in [5, 5.41) is 9.03. The Morgan fingerprint density at radius 3 is 2.30 bits per heavy atom. The second kappa shape index (κ2) is 8.04. The van der Waals surface area contributed by atoms with Gasteiger partial charge in [-0.1, -0.05) is 51.2 Å². The fourth-order valence-electron chi connectivity index (χ4n) is 2.10. The first-order valence-corrected chi connectivity index (χ1v) is 8.69. The fraction of sp³-hybridized carbons (Fsp3) is 0.533. The Hall–Kier alpha value is -1.36. The molecular formula is C15H22O4S. The maximum absolute atomic E-state index is 12.2. The van der Waals surface area contributed by atoms with E-state index in [-0.39, 0.29) is 16.2 Å². The number of carboxylic acids is 1. The van der Waals surface area contributed by atoms with E-state index in [9.17, 15) is 13.2 Å². The molecule has 0 spiro atoms. The van der Waals surface area contributed by atoms with Crippen LogP contribution in [0.1, 0.15) is 55.8 Å². The van der Waals surface area contributed by atoms with E-state index in [4.69, 9.17) is 5.11 Å². The third-order valence-corrected chi connectivity index (χ3v) is 5.07. The molecule has 112 valence electrons. The van der Waals surface area contributed by atoms with Gasteiger partial charge in [-0.2, -0.15) is 0 Å². The van der Waals surface area contributed by atoms with Gasteiger partial charge in [0.15, 0.2) is 9.84 Å². The first-order valence-electron chi connectivity index (χ1n) is 7.04. The van der Waals surface area contributed by atoms with Crippen molar-refractivity contribution in [1.29, 1.82) is 0 Å². The molecule has 5 heteroatoms. The number of hydrogen-bond acceptors (Lipinski definition) is 3. The van der Waals surface area contributed by atoms with Crippen molar-refractivity contribution in [3.05, 3.63) is 29.8 Å². The molecule has 0 amide bonds. The van der Waals surface area contributed by atoms with Gasteiger partial charge in [0.2, 0.25) is 0 Å². The second-order valence-electron chi connectivity index (χ2n) is 4.89. The van der Waals surface area contributed by atoms with Crippen molar-refractivity contribution >= 4 is 15.8 Å². The molecule has 0 radical (unpaired) electrons. The Morgan fingerprint density at radius 1 is 1.05 bits per heavy atom. The van der Waals surface area contributed by atoms with Gasteiger partial charge < -0.3 is 5.11 Å². The highest BCUT2D eigenvalue weighted by molar-refractivity contribution is 7.91. The topological polar surface area (TPSA) is 71.4 Å². The van der Waals surface area contributed by atoms with Crippen molar-refractivity contribution in [2.45, 2.75) is 50.3 Å². The smallest absolute Gasteiger partial charge is 0.337 e. The van der Waals surface area contributed by atoms with Crippen molar-refractivity contribution in [3.63, 3.8) is 0 Å². The van der Waals surface area contributed by atoms with Crippen LogP contribution < -0.4 is 0 Å². The van der Waals surface area contributed by atoms with Crippen LogP contribution >= 0.6 is 0 Å². The minimum Gasteiger partial charge on any atom is -0.478 e. The molecule has 1 aromatic carbocycles. The first kappa shape index (κ1) is 16.7. The van der Waals surface area contributed by atoms with Gasteiger partial charge in [-0.15, -0.1) is 0 Å². The molecule has 0 fully saturated rings. The molecule has 1 aromatic rings. The predicted octanol–water partition coefficient (Wildman–Crippen LogP) is 3.52. The molecule has 0 aliphatic heterocycles. The van der Waals surface area contributed by atoms with Crippen molar-refractivity contribution in [2.24, 2.45) is 0 Å². The van der Waals surface area contributed by atoms with Crippen LogP contribution in [0.25, 0.3) is 0 Å². The maximum atomic E-state index is 12.2. The quantitative estimate of drug-likeness (QED) is 0.708. The van der Waals surface area contributed by atoms with Crippen molar-refractivity contribution < 1.29 is 18.3 Å². The molecular weight excluding hydrogens is 276 g/mol. The largest absolute Gasteiger partial charge is 0.478 e. The first-order chi connectivity index (χ1) is 9.49. The third-order valence-electron chi connectivity index (χ3n) is 3.22. The molecule has 1 rings (SSSR count). The normalized spacial score (nSPS) is 11.4. The van der Waals surface area contributed by atoms with Gasteiger partial charge in [-0.05, 0) is 18.6 Å².